The Morgan fingerprint density at radius 3 is 2.73 bits per heavy atom. The summed E-state index contributed by atoms with van der Waals surface area (Å²) in [6, 6.07) is 0. The number of aromatic nitrogens is 1. The molecule has 0 aliphatic heterocycles. The molecular weight excluding hydrogens is 194 g/mol. The van der Waals surface area contributed by atoms with Crippen LogP contribution < -0.4 is 0 Å². The van der Waals surface area contributed by atoms with Crippen molar-refractivity contribution in [2.75, 3.05) is 6.61 Å². The lowest BCUT2D eigenvalue weighted by Crippen LogP contribution is -2.06. The topological polar surface area (TPSA) is 52.3 Å². The van der Waals surface area contributed by atoms with Gasteiger partial charge in [0, 0.05) is 5.92 Å². The molecule has 4 nitrogen and oxygen atoms in total. The van der Waals surface area contributed by atoms with Gasteiger partial charge in [-0.1, -0.05) is 13.8 Å². The van der Waals surface area contributed by atoms with E-state index in [0.717, 1.165) is 6.42 Å². The van der Waals surface area contributed by atoms with Crippen LogP contribution >= 0.6 is 0 Å². The molecule has 0 amide bonds. The number of oxazole rings is 1. The first-order valence-corrected chi connectivity index (χ1v) is 5.24. The summed E-state index contributed by atoms with van der Waals surface area (Å²) in [7, 11) is 0. The Balaban J connectivity index is 2.90. The van der Waals surface area contributed by atoms with E-state index in [0.29, 0.717) is 24.0 Å². The minimum atomic E-state index is -0.409. The van der Waals surface area contributed by atoms with Crippen LogP contribution in [0.4, 0.5) is 0 Å². The van der Waals surface area contributed by atoms with Gasteiger partial charge in [0.2, 0.25) is 0 Å². The third kappa shape index (κ3) is 2.58. The summed E-state index contributed by atoms with van der Waals surface area (Å²) in [5.41, 5.74) is 0.298. The zero-order valence-electron chi connectivity index (χ0n) is 9.66. The largest absolute Gasteiger partial charge is 0.461 e. The van der Waals surface area contributed by atoms with Crippen LogP contribution in [0.1, 0.15) is 55.2 Å². The molecule has 84 valence electrons. The average molecular weight is 211 g/mol. The van der Waals surface area contributed by atoms with Gasteiger partial charge in [-0.05, 0) is 20.3 Å². The zero-order valence-corrected chi connectivity index (χ0v) is 9.66. The lowest BCUT2D eigenvalue weighted by Gasteiger charge is -2.00. The van der Waals surface area contributed by atoms with E-state index in [1.165, 1.54) is 0 Å². The van der Waals surface area contributed by atoms with Gasteiger partial charge in [0.25, 0.3) is 0 Å². The van der Waals surface area contributed by atoms with Crippen LogP contribution in [0.2, 0.25) is 0 Å². The molecule has 1 heterocycles. The van der Waals surface area contributed by atoms with Gasteiger partial charge in [-0.25, -0.2) is 9.78 Å². The normalized spacial score (nSPS) is 12.5. The van der Waals surface area contributed by atoms with E-state index < -0.39 is 5.97 Å². The van der Waals surface area contributed by atoms with Crippen LogP contribution in [0.15, 0.2) is 4.42 Å². The first-order chi connectivity index (χ1) is 7.10. The third-order valence-electron chi connectivity index (χ3n) is 2.32. The molecule has 0 bridgehead atoms. The maximum Gasteiger partial charge on any atom is 0.360 e. The summed E-state index contributed by atoms with van der Waals surface area (Å²) >= 11 is 0. The van der Waals surface area contributed by atoms with Crippen molar-refractivity contribution >= 4 is 5.97 Å². The molecule has 0 spiro atoms. The fourth-order valence-electron chi connectivity index (χ4n) is 1.19. The van der Waals surface area contributed by atoms with E-state index in [1.807, 2.05) is 13.8 Å². The fourth-order valence-corrected chi connectivity index (χ4v) is 1.19. The summed E-state index contributed by atoms with van der Waals surface area (Å²) < 4.78 is 10.3. The number of aryl methyl sites for hydroxylation is 1. The van der Waals surface area contributed by atoms with Crippen molar-refractivity contribution in [2.24, 2.45) is 0 Å². The molecule has 1 rings (SSSR count). The Morgan fingerprint density at radius 2 is 2.20 bits per heavy atom. The average Bonchev–Trinajstić information content (AvgIpc) is 2.59. The smallest absolute Gasteiger partial charge is 0.360 e. The van der Waals surface area contributed by atoms with Crippen molar-refractivity contribution in [3.05, 3.63) is 17.3 Å². The quantitative estimate of drug-likeness (QED) is 0.718. The summed E-state index contributed by atoms with van der Waals surface area (Å²) in [4.78, 5) is 15.6. The molecule has 1 atom stereocenters. The van der Waals surface area contributed by atoms with E-state index in [1.54, 1.807) is 13.8 Å². The Morgan fingerprint density at radius 1 is 1.53 bits per heavy atom. The number of carbonyl (C=O) groups is 1. The minimum Gasteiger partial charge on any atom is -0.461 e. The van der Waals surface area contributed by atoms with Crippen LogP contribution in [-0.2, 0) is 4.74 Å². The summed E-state index contributed by atoms with van der Waals surface area (Å²) in [6.45, 7) is 7.91. The molecule has 1 unspecified atom stereocenters. The molecule has 0 aliphatic carbocycles. The van der Waals surface area contributed by atoms with E-state index in [4.69, 9.17) is 9.15 Å². The van der Waals surface area contributed by atoms with E-state index in [-0.39, 0.29) is 5.92 Å². The highest BCUT2D eigenvalue weighted by Gasteiger charge is 2.20. The monoisotopic (exact) mass is 211 g/mol. The lowest BCUT2D eigenvalue weighted by molar-refractivity contribution is 0.0518. The molecule has 0 saturated heterocycles. The summed E-state index contributed by atoms with van der Waals surface area (Å²) in [5, 5.41) is 0. The van der Waals surface area contributed by atoms with E-state index in [9.17, 15) is 4.79 Å². The predicted octanol–water partition coefficient (Wildman–Crippen LogP) is 2.67. The van der Waals surface area contributed by atoms with Crippen LogP contribution in [0, 0.1) is 6.92 Å². The second kappa shape index (κ2) is 4.96. The summed E-state index contributed by atoms with van der Waals surface area (Å²) in [6.07, 6.45) is 0.933. The maximum absolute atomic E-state index is 11.4. The van der Waals surface area contributed by atoms with Crippen molar-refractivity contribution in [2.45, 2.75) is 40.0 Å². The number of ether oxygens (including phenoxy) is 1. The highest BCUT2D eigenvalue weighted by atomic mass is 16.5. The number of hydrogen-bond acceptors (Lipinski definition) is 4. The van der Waals surface area contributed by atoms with Crippen molar-refractivity contribution in [1.82, 2.24) is 4.98 Å². The number of hydrogen-bond donors (Lipinski definition) is 0. The number of nitrogens with zero attached hydrogens (tertiary/aromatic N) is 1. The van der Waals surface area contributed by atoms with Gasteiger partial charge >= 0.3 is 5.97 Å². The molecule has 0 saturated carbocycles. The molecule has 1 aromatic rings. The molecule has 0 aliphatic rings. The van der Waals surface area contributed by atoms with Gasteiger partial charge in [0.1, 0.15) is 5.76 Å². The molecule has 0 N–H and O–H groups in total. The highest BCUT2D eigenvalue weighted by Crippen LogP contribution is 2.21. The molecule has 0 aromatic carbocycles. The Labute approximate surface area is 89.6 Å². The SMILES string of the molecule is CCOC(=O)c1nc(C(C)CC)oc1C. The standard InChI is InChI=1S/C11H17NO3/c1-5-7(3)10-12-9(8(4)15-10)11(13)14-6-2/h7H,5-6H2,1-4H3. The van der Waals surface area contributed by atoms with Crippen molar-refractivity contribution in [1.29, 1.82) is 0 Å². The van der Waals surface area contributed by atoms with Crippen LogP contribution in [0.3, 0.4) is 0 Å². The zero-order chi connectivity index (χ0) is 11.4. The van der Waals surface area contributed by atoms with Crippen molar-refractivity contribution in [3.8, 4) is 0 Å². The van der Waals surface area contributed by atoms with E-state index >= 15 is 0 Å². The molecule has 4 heteroatoms. The first-order valence-electron chi connectivity index (χ1n) is 5.24. The third-order valence-corrected chi connectivity index (χ3v) is 2.32. The number of carbonyl (C=O) groups excluding carboxylic acids is 1. The van der Waals surface area contributed by atoms with Gasteiger partial charge in [0.15, 0.2) is 11.6 Å². The Bertz CT molecular complexity index is 344. The van der Waals surface area contributed by atoms with Gasteiger partial charge in [-0.2, -0.15) is 0 Å². The first kappa shape index (κ1) is 11.8. The van der Waals surface area contributed by atoms with Crippen LogP contribution in [0.25, 0.3) is 0 Å². The second-order valence-electron chi connectivity index (χ2n) is 3.49. The number of esters is 1. The predicted molar refractivity (Wildman–Crippen MR) is 55.9 cm³/mol. The van der Waals surface area contributed by atoms with Gasteiger partial charge in [-0.3, -0.25) is 0 Å². The molecular formula is C11H17NO3. The minimum absolute atomic E-state index is 0.229. The number of rotatable bonds is 4. The van der Waals surface area contributed by atoms with Gasteiger partial charge in [0.05, 0.1) is 6.61 Å². The van der Waals surface area contributed by atoms with Gasteiger partial charge in [-0.15, -0.1) is 0 Å². The van der Waals surface area contributed by atoms with Crippen LogP contribution in [-0.4, -0.2) is 17.6 Å². The molecule has 0 fully saturated rings. The van der Waals surface area contributed by atoms with E-state index in [2.05, 4.69) is 4.98 Å². The lowest BCUT2D eigenvalue weighted by atomic mass is 10.1. The van der Waals surface area contributed by atoms with Crippen molar-refractivity contribution < 1.29 is 13.9 Å². The Hall–Kier alpha value is -1.32. The second-order valence-corrected chi connectivity index (χ2v) is 3.49. The molecule has 1 aromatic heterocycles. The molecule has 0 radical (unpaired) electrons. The molecule has 15 heavy (non-hydrogen) atoms. The van der Waals surface area contributed by atoms with Gasteiger partial charge < -0.3 is 9.15 Å². The van der Waals surface area contributed by atoms with Crippen LogP contribution in [0.5, 0.6) is 0 Å². The Kier molecular flexibility index (Phi) is 3.88. The maximum atomic E-state index is 11.4. The highest BCUT2D eigenvalue weighted by molar-refractivity contribution is 5.88. The fraction of sp³-hybridized carbons (Fsp3) is 0.636. The van der Waals surface area contributed by atoms with Crippen molar-refractivity contribution in [3.63, 3.8) is 0 Å². The summed E-state index contributed by atoms with van der Waals surface area (Å²) in [5.74, 6) is 0.960.